The van der Waals surface area contributed by atoms with Crippen LogP contribution in [0.5, 0.6) is 6.01 Å². The first kappa shape index (κ1) is 16.6. The van der Waals surface area contributed by atoms with Crippen LogP contribution in [0.2, 0.25) is 0 Å². The Morgan fingerprint density at radius 2 is 2.00 bits per heavy atom. The molecule has 1 saturated carbocycles. The van der Waals surface area contributed by atoms with Crippen LogP contribution in [0.15, 0.2) is 24.3 Å². The maximum absolute atomic E-state index is 12.9. The summed E-state index contributed by atoms with van der Waals surface area (Å²) in [6.07, 6.45) is 4.04. The highest BCUT2D eigenvalue weighted by Crippen LogP contribution is 2.29. The van der Waals surface area contributed by atoms with Crippen LogP contribution in [-0.4, -0.2) is 41.0 Å². The van der Waals surface area contributed by atoms with E-state index in [0.717, 1.165) is 36.8 Å². The number of aromatic nitrogens is 3. The molecule has 0 unspecified atom stereocenters. The van der Waals surface area contributed by atoms with Gasteiger partial charge in [0.25, 0.3) is 5.91 Å². The van der Waals surface area contributed by atoms with E-state index in [4.69, 9.17) is 9.47 Å². The van der Waals surface area contributed by atoms with Gasteiger partial charge in [-0.05, 0) is 25.3 Å². The summed E-state index contributed by atoms with van der Waals surface area (Å²) in [6.45, 7) is 2.80. The number of carbonyl (C=O) groups is 1. The molecule has 0 spiro atoms. The highest BCUT2D eigenvalue weighted by molar-refractivity contribution is 5.85. The van der Waals surface area contributed by atoms with E-state index in [1.165, 1.54) is 4.68 Å². The van der Waals surface area contributed by atoms with Crippen LogP contribution >= 0.6 is 0 Å². The fourth-order valence-corrected chi connectivity index (χ4v) is 3.07. The smallest absolute Gasteiger partial charge is 0.336 e. The molecule has 24 heavy (non-hydrogen) atoms. The number of carbonyl (C=O) groups excluding carboxylic acids is 1. The zero-order valence-electron chi connectivity index (χ0n) is 14.2. The monoisotopic (exact) mass is 329 g/mol. The molecule has 1 fully saturated rings. The molecule has 0 aliphatic heterocycles. The van der Waals surface area contributed by atoms with Gasteiger partial charge in [0.1, 0.15) is 6.61 Å². The van der Waals surface area contributed by atoms with Gasteiger partial charge in [-0.1, -0.05) is 37.1 Å². The summed E-state index contributed by atoms with van der Waals surface area (Å²) in [4.78, 5) is 17.3. The molecule has 128 valence electrons. The van der Waals surface area contributed by atoms with Gasteiger partial charge in [0.2, 0.25) is 0 Å². The lowest BCUT2D eigenvalue weighted by Crippen LogP contribution is -2.22. The van der Waals surface area contributed by atoms with E-state index in [-0.39, 0.29) is 17.8 Å². The van der Waals surface area contributed by atoms with E-state index >= 15 is 0 Å². The number of methoxy groups -OCH3 is 1. The highest BCUT2D eigenvalue weighted by Gasteiger charge is 2.28. The number of hydrogen-bond donors (Lipinski definition) is 0. The van der Waals surface area contributed by atoms with Gasteiger partial charge in [-0.25, -0.2) is 0 Å². The van der Waals surface area contributed by atoms with Gasteiger partial charge in [-0.2, -0.15) is 9.67 Å². The van der Waals surface area contributed by atoms with Crippen LogP contribution in [0, 0.1) is 12.8 Å². The Balaban J connectivity index is 1.95. The minimum atomic E-state index is 0.0137. The molecule has 6 heteroatoms. The Bertz CT molecular complexity index is 705. The molecule has 0 radical (unpaired) electrons. The van der Waals surface area contributed by atoms with Crippen molar-refractivity contribution < 1.29 is 14.3 Å². The fourth-order valence-electron chi connectivity index (χ4n) is 3.07. The lowest BCUT2D eigenvalue weighted by Gasteiger charge is -2.10. The first-order valence-corrected chi connectivity index (χ1v) is 8.39. The van der Waals surface area contributed by atoms with Crippen LogP contribution in [0.25, 0.3) is 11.4 Å². The van der Waals surface area contributed by atoms with E-state index in [1.807, 2.05) is 31.2 Å². The summed E-state index contributed by atoms with van der Waals surface area (Å²) in [7, 11) is 1.61. The molecule has 0 atom stereocenters. The second-order valence-corrected chi connectivity index (χ2v) is 6.11. The maximum atomic E-state index is 12.9. The van der Waals surface area contributed by atoms with E-state index in [0.29, 0.717) is 19.0 Å². The number of ether oxygens (including phenoxy) is 2. The third-order valence-corrected chi connectivity index (χ3v) is 4.41. The SMILES string of the molecule is COCCOc1nc(-c2ccccc2C)n(C(=O)C2CCCC2)n1. The molecule has 1 aromatic carbocycles. The first-order valence-electron chi connectivity index (χ1n) is 8.39. The summed E-state index contributed by atoms with van der Waals surface area (Å²) in [5.74, 6) is 0.596. The molecule has 6 nitrogen and oxygen atoms in total. The topological polar surface area (TPSA) is 66.2 Å². The Labute approximate surface area is 141 Å². The van der Waals surface area contributed by atoms with Crippen LogP contribution in [-0.2, 0) is 4.74 Å². The van der Waals surface area contributed by atoms with Gasteiger partial charge in [-0.3, -0.25) is 4.79 Å². The number of rotatable bonds is 6. The summed E-state index contributed by atoms with van der Waals surface area (Å²) < 4.78 is 11.9. The van der Waals surface area contributed by atoms with Crippen LogP contribution < -0.4 is 4.74 Å². The molecule has 0 saturated heterocycles. The maximum Gasteiger partial charge on any atom is 0.336 e. The van der Waals surface area contributed by atoms with Crippen LogP contribution in [0.3, 0.4) is 0 Å². The van der Waals surface area contributed by atoms with E-state index in [2.05, 4.69) is 10.1 Å². The van der Waals surface area contributed by atoms with Gasteiger partial charge in [0.15, 0.2) is 5.82 Å². The summed E-state index contributed by atoms with van der Waals surface area (Å²) in [6, 6.07) is 8.08. The van der Waals surface area contributed by atoms with Crippen LogP contribution in [0.4, 0.5) is 0 Å². The molecule has 0 N–H and O–H groups in total. The van der Waals surface area contributed by atoms with Gasteiger partial charge in [-0.15, -0.1) is 5.10 Å². The molecular formula is C18H23N3O3. The second-order valence-electron chi connectivity index (χ2n) is 6.11. The number of nitrogens with zero attached hydrogens (tertiary/aromatic N) is 3. The Hall–Kier alpha value is -2.21. The van der Waals surface area contributed by atoms with Crippen molar-refractivity contribution in [3.05, 3.63) is 29.8 Å². The third-order valence-electron chi connectivity index (χ3n) is 4.41. The minimum Gasteiger partial charge on any atom is -0.460 e. The fraction of sp³-hybridized carbons (Fsp3) is 0.500. The van der Waals surface area contributed by atoms with Gasteiger partial charge >= 0.3 is 6.01 Å². The molecule has 1 heterocycles. The van der Waals surface area contributed by atoms with Crippen molar-refractivity contribution >= 4 is 5.91 Å². The largest absolute Gasteiger partial charge is 0.460 e. The minimum absolute atomic E-state index is 0.0137. The van der Waals surface area contributed by atoms with Crippen molar-refractivity contribution in [2.24, 2.45) is 5.92 Å². The van der Waals surface area contributed by atoms with Crippen molar-refractivity contribution in [3.63, 3.8) is 0 Å². The summed E-state index contributed by atoms with van der Waals surface area (Å²) in [5.41, 5.74) is 1.95. The van der Waals surface area contributed by atoms with Crippen molar-refractivity contribution in [1.82, 2.24) is 14.8 Å². The molecule has 1 aliphatic rings. The lowest BCUT2D eigenvalue weighted by atomic mass is 10.1. The molecular weight excluding hydrogens is 306 g/mol. The Kier molecular flexibility index (Phi) is 5.25. The first-order chi connectivity index (χ1) is 11.7. The molecule has 3 rings (SSSR count). The van der Waals surface area contributed by atoms with Gasteiger partial charge in [0.05, 0.1) is 6.61 Å². The average molecular weight is 329 g/mol. The molecule has 1 aliphatic carbocycles. The zero-order valence-corrected chi connectivity index (χ0v) is 14.2. The molecule has 0 bridgehead atoms. The molecule has 2 aromatic rings. The lowest BCUT2D eigenvalue weighted by molar-refractivity contribution is 0.0818. The summed E-state index contributed by atoms with van der Waals surface area (Å²) in [5, 5.41) is 4.32. The summed E-state index contributed by atoms with van der Waals surface area (Å²) >= 11 is 0. The number of aryl methyl sites for hydroxylation is 1. The number of benzene rings is 1. The quantitative estimate of drug-likeness (QED) is 0.762. The van der Waals surface area contributed by atoms with Crippen molar-refractivity contribution in [1.29, 1.82) is 0 Å². The number of hydrogen-bond acceptors (Lipinski definition) is 5. The van der Waals surface area contributed by atoms with E-state index < -0.39 is 0 Å². The van der Waals surface area contributed by atoms with Crippen molar-refractivity contribution in [2.45, 2.75) is 32.6 Å². The zero-order chi connectivity index (χ0) is 16.9. The van der Waals surface area contributed by atoms with Crippen molar-refractivity contribution in [2.75, 3.05) is 20.3 Å². The van der Waals surface area contributed by atoms with Gasteiger partial charge < -0.3 is 9.47 Å². The predicted octanol–water partition coefficient (Wildman–Crippen LogP) is 3.11. The average Bonchev–Trinajstić information content (AvgIpc) is 3.25. The van der Waals surface area contributed by atoms with E-state index in [1.54, 1.807) is 7.11 Å². The molecule has 0 amide bonds. The normalized spacial score (nSPS) is 14.9. The van der Waals surface area contributed by atoms with E-state index in [9.17, 15) is 4.79 Å². The van der Waals surface area contributed by atoms with Gasteiger partial charge in [0, 0.05) is 18.6 Å². The van der Waals surface area contributed by atoms with Crippen LogP contribution in [0.1, 0.15) is 36.0 Å². The third kappa shape index (κ3) is 3.48. The Morgan fingerprint density at radius 3 is 2.71 bits per heavy atom. The predicted molar refractivity (Wildman–Crippen MR) is 90.2 cm³/mol. The second kappa shape index (κ2) is 7.57. The standard InChI is InChI=1S/C18H23N3O3/c1-13-7-3-6-10-15(13)16-19-18(24-12-11-23-2)20-21(16)17(22)14-8-4-5-9-14/h3,6-7,10,14H,4-5,8-9,11-12H2,1-2H3. The van der Waals surface area contributed by atoms with Crippen molar-refractivity contribution in [3.8, 4) is 17.4 Å². The Morgan fingerprint density at radius 1 is 1.25 bits per heavy atom. The highest BCUT2D eigenvalue weighted by atomic mass is 16.5. The molecule has 1 aromatic heterocycles.